The number of halogens is 2. The number of β-amino-alcohol motifs (C(OH)–C–C–N with tert-alkyl or cyclic N) is 1. The van der Waals surface area contributed by atoms with Gasteiger partial charge in [-0.1, -0.05) is 11.6 Å². The van der Waals surface area contributed by atoms with Gasteiger partial charge in [-0.15, -0.1) is 0 Å². The number of likely N-dealkylation sites (N-methyl/N-ethyl adjacent to an activating group) is 1. The van der Waals surface area contributed by atoms with Crippen molar-refractivity contribution in [1.29, 1.82) is 0 Å². The predicted molar refractivity (Wildman–Crippen MR) is 80.9 cm³/mol. The number of pyridine rings is 1. The lowest BCUT2D eigenvalue weighted by Gasteiger charge is -2.27. The summed E-state index contributed by atoms with van der Waals surface area (Å²) < 4.78 is 0.703. The van der Waals surface area contributed by atoms with E-state index in [9.17, 15) is 9.90 Å². The minimum Gasteiger partial charge on any atom is -0.391 e. The van der Waals surface area contributed by atoms with Crippen LogP contribution in [0.15, 0.2) is 16.7 Å². The van der Waals surface area contributed by atoms with E-state index in [1.165, 1.54) is 0 Å². The van der Waals surface area contributed by atoms with Gasteiger partial charge >= 0.3 is 0 Å². The molecule has 110 valence electrons. The fourth-order valence-electron chi connectivity index (χ4n) is 2.46. The smallest absolute Gasteiger partial charge is 0.257 e. The van der Waals surface area contributed by atoms with E-state index in [0.29, 0.717) is 29.5 Å². The molecule has 1 saturated heterocycles. The summed E-state index contributed by atoms with van der Waals surface area (Å²) in [6, 6.07) is 1.65. The van der Waals surface area contributed by atoms with Crippen molar-refractivity contribution < 1.29 is 9.90 Å². The Balaban J connectivity index is 2.24. The Morgan fingerprint density at radius 3 is 3.00 bits per heavy atom. The molecule has 1 aromatic rings. The van der Waals surface area contributed by atoms with Crippen LogP contribution in [0.4, 0.5) is 0 Å². The van der Waals surface area contributed by atoms with Crippen LogP contribution >= 0.6 is 27.5 Å². The van der Waals surface area contributed by atoms with Gasteiger partial charge in [-0.25, -0.2) is 4.98 Å². The first kappa shape index (κ1) is 15.7. The first-order valence-electron chi connectivity index (χ1n) is 6.33. The number of amides is 1. The van der Waals surface area contributed by atoms with Crippen LogP contribution in [0.2, 0.25) is 5.15 Å². The lowest BCUT2D eigenvalue weighted by atomic mass is 10.1. The molecular formula is C13H17BrClN3O2. The van der Waals surface area contributed by atoms with Gasteiger partial charge < -0.3 is 14.9 Å². The first-order chi connectivity index (χ1) is 9.38. The third kappa shape index (κ3) is 3.49. The van der Waals surface area contributed by atoms with Crippen molar-refractivity contribution in [1.82, 2.24) is 14.8 Å². The second kappa shape index (κ2) is 6.39. The van der Waals surface area contributed by atoms with E-state index in [1.54, 1.807) is 17.2 Å². The maximum atomic E-state index is 12.6. The van der Waals surface area contributed by atoms with Gasteiger partial charge in [-0.2, -0.15) is 0 Å². The average Bonchev–Trinajstić information content (AvgIpc) is 2.71. The summed E-state index contributed by atoms with van der Waals surface area (Å²) in [5.41, 5.74) is 0.360. The van der Waals surface area contributed by atoms with Gasteiger partial charge in [0, 0.05) is 29.8 Å². The van der Waals surface area contributed by atoms with E-state index in [-0.39, 0.29) is 17.1 Å². The number of aliphatic hydroxyl groups excluding tert-OH is 1. The predicted octanol–water partition coefficient (Wildman–Crippen LogP) is 1.63. The third-order valence-corrected chi connectivity index (χ3v) is 4.00. The zero-order valence-electron chi connectivity index (χ0n) is 11.4. The van der Waals surface area contributed by atoms with Crippen LogP contribution in [0.5, 0.6) is 0 Å². The number of hydrogen-bond acceptors (Lipinski definition) is 4. The largest absolute Gasteiger partial charge is 0.391 e. The molecule has 5 nitrogen and oxygen atoms in total. The first-order valence-corrected chi connectivity index (χ1v) is 7.50. The number of carbonyl (C=O) groups is 1. The van der Waals surface area contributed by atoms with Crippen molar-refractivity contribution in [3.8, 4) is 0 Å². The SMILES string of the molecule is CN(C)CC1CC(O)CN1C(=O)c1cc(Br)cnc1Cl. The van der Waals surface area contributed by atoms with Crippen LogP contribution in [0.1, 0.15) is 16.8 Å². The highest BCUT2D eigenvalue weighted by molar-refractivity contribution is 9.10. The van der Waals surface area contributed by atoms with Crippen molar-refractivity contribution in [2.75, 3.05) is 27.2 Å². The molecule has 1 N–H and O–H groups in total. The van der Waals surface area contributed by atoms with E-state index in [1.807, 2.05) is 19.0 Å². The molecule has 0 aromatic carbocycles. The number of carbonyl (C=O) groups excluding carboxylic acids is 1. The van der Waals surface area contributed by atoms with Crippen molar-refractivity contribution >= 4 is 33.4 Å². The number of nitrogens with zero attached hydrogens (tertiary/aromatic N) is 3. The van der Waals surface area contributed by atoms with Gasteiger partial charge in [0.25, 0.3) is 5.91 Å². The minimum atomic E-state index is -0.484. The monoisotopic (exact) mass is 361 g/mol. The molecule has 0 radical (unpaired) electrons. The molecule has 2 heterocycles. The summed E-state index contributed by atoms with van der Waals surface area (Å²) in [6.07, 6.45) is 1.65. The fraction of sp³-hybridized carbons (Fsp3) is 0.538. The second-order valence-electron chi connectivity index (χ2n) is 5.26. The minimum absolute atomic E-state index is 0.0115. The Morgan fingerprint density at radius 2 is 2.35 bits per heavy atom. The molecule has 2 unspecified atom stereocenters. The highest BCUT2D eigenvalue weighted by Crippen LogP contribution is 2.25. The molecule has 7 heteroatoms. The summed E-state index contributed by atoms with van der Waals surface area (Å²) in [6.45, 7) is 1.04. The molecule has 0 bridgehead atoms. The fourth-order valence-corrected chi connectivity index (χ4v) is 2.98. The number of rotatable bonds is 3. The molecule has 1 fully saturated rings. The molecule has 0 spiro atoms. The quantitative estimate of drug-likeness (QED) is 0.831. The van der Waals surface area contributed by atoms with E-state index < -0.39 is 6.10 Å². The zero-order valence-corrected chi connectivity index (χ0v) is 13.7. The van der Waals surface area contributed by atoms with E-state index in [0.717, 1.165) is 0 Å². The Morgan fingerprint density at radius 1 is 1.65 bits per heavy atom. The molecule has 1 aromatic heterocycles. The Hall–Kier alpha value is -0.690. The van der Waals surface area contributed by atoms with E-state index in [2.05, 4.69) is 20.9 Å². The Labute approximate surface area is 131 Å². The summed E-state index contributed by atoms with van der Waals surface area (Å²) in [4.78, 5) is 20.3. The van der Waals surface area contributed by atoms with Gasteiger partial charge in [-0.05, 0) is 42.5 Å². The van der Waals surface area contributed by atoms with Gasteiger partial charge in [0.2, 0.25) is 0 Å². The Kier molecular flexibility index (Phi) is 5.01. The maximum absolute atomic E-state index is 12.6. The van der Waals surface area contributed by atoms with Crippen LogP contribution < -0.4 is 0 Å². The summed E-state index contributed by atoms with van der Waals surface area (Å²) in [5.74, 6) is -0.188. The van der Waals surface area contributed by atoms with Crippen LogP contribution in [0.3, 0.4) is 0 Å². The van der Waals surface area contributed by atoms with Crippen LogP contribution in [-0.2, 0) is 0 Å². The normalized spacial score (nSPS) is 22.6. The molecular weight excluding hydrogens is 346 g/mol. The highest BCUT2D eigenvalue weighted by atomic mass is 79.9. The van der Waals surface area contributed by atoms with Crippen molar-refractivity contribution in [2.45, 2.75) is 18.6 Å². The van der Waals surface area contributed by atoms with Crippen molar-refractivity contribution in [3.63, 3.8) is 0 Å². The third-order valence-electron chi connectivity index (χ3n) is 3.27. The summed E-state index contributed by atoms with van der Waals surface area (Å²) in [7, 11) is 3.89. The zero-order chi connectivity index (χ0) is 14.9. The van der Waals surface area contributed by atoms with Crippen molar-refractivity contribution in [2.24, 2.45) is 0 Å². The molecule has 20 heavy (non-hydrogen) atoms. The maximum Gasteiger partial charge on any atom is 0.257 e. The molecule has 0 saturated carbocycles. The van der Waals surface area contributed by atoms with Crippen molar-refractivity contribution in [3.05, 3.63) is 27.5 Å². The molecule has 1 amide bonds. The molecule has 1 aliphatic heterocycles. The lowest BCUT2D eigenvalue weighted by Crippen LogP contribution is -2.41. The van der Waals surface area contributed by atoms with E-state index >= 15 is 0 Å². The Bertz CT molecular complexity index is 512. The molecule has 2 atom stereocenters. The van der Waals surface area contributed by atoms with Crippen LogP contribution in [0.25, 0.3) is 0 Å². The molecule has 0 aliphatic carbocycles. The molecule has 1 aliphatic rings. The number of likely N-dealkylation sites (tertiary alicyclic amines) is 1. The second-order valence-corrected chi connectivity index (χ2v) is 6.53. The number of aliphatic hydroxyl groups is 1. The lowest BCUT2D eigenvalue weighted by molar-refractivity contribution is 0.0699. The summed E-state index contributed by atoms with van der Waals surface area (Å²) in [5, 5.41) is 10.0. The topological polar surface area (TPSA) is 56.7 Å². The highest BCUT2D eigenvalue weighted by Gasteiger charge is 2.35. The molecule has 2 rings (SSSR count). The standard InChI is InChI=1S/C13H17BrClN3O2/c1-17(2)6-9-4-10(19)7-18(9)13(20)11-3-8(14)5-16-12(11)15/h3,5,9-10,19H,4,6-7H2,1-2H3. The number of aromatic nitrogens is 1. The van der Waals surface area contributed by atoms with Gasteiger partial charge in [0.05, 0.1) is 11.7 Å². The van der Waals surface area contributed by atoms with Gasteiger partial charge in [0.1, 0.15) is 5.15 Å². The summed E-state index contributed by atoms with van der Waals surface area (Å²) >= 11 is 9.30. The van der Waals surface area contributed by atoms with Gasteiger partial charge in [-0.3, -0.25) is 4.79 Å². The van der Waals surface area contributed by atoms with Gasteiger partial charge in [0.15, 0.2) is 0 Å². The van der Waals surface area contributed by atoms with Crippen LogP contribution in [-0.4, -0.2) is 65.1 Å². The average molecular weight is 363 g/mol. The number of hydrogen-bond donors (Lipinski definition) is 1. The van der Waals surface area contributed by atoms with E-state index in [4.69, 9.17) is 11.6 Å². The van der Waals surface area contributed by atoms with Crippen LogP contribution in [0, 0.1) is 0 Å².